The summed E-state index contributed by atoms with van der Waals surface area (Å²) in [5.41, 5.74) is 2.78. The van der Waals surface area contributed by atoms with E-state index in [2.05, 4.69) is 63.4 Å². The van der Waals surface area contributed by atoms with E-state index in [-0.39, 0.29) is 0 Å². The van der Waals surface area contributed by atoms with E-state index < -0.39 is 0 Å². The zero-order valence-electron chi connectivity index (χ0n) is 9.59. The molecule has 0 unspecified atom stereocenters. The van der Waals surface area contributed by atoms with Crippen LogP contribution in [0.5, 0.6) is 0 Å². The summed E-state index contributed by atoms with van der Waals surface area (Å²) in [5, 5.41) is 2.76. The van der Waals surface area contributed by atoms with Crippen molar-refractivity contribution in [2.45, 2.75) is 20.3 Å². The van der Waals surface area contributed by atoms with Crippen molar-refractivity contribution in [3.63, 3.8) is 0 Å². The third-order valence-corrected chi connectivity index (χ3v) is 2.51. The Morgan fingerprint density at radius 3 is 2.47 bits per heavy atom. The summed E-state index contributed by atoms with van der Waals surface area (Å²) in [6.07, 6.45) is 1.11. The van der Waals surface area contributed by atoms with E-state index in [0.717, 1.165) is 6.42 Å². The van der Waals surface area contributed by atoms with Crippen LogP contribution in [-0.2, 0) is 6.42 Å². The first kappa shape index (κ1) is 11.5. The summed E-state index contributed by atoms with van der Waals surface area (Å²) in [6, 6.07) is 13.2. The van der Waals surface area contributed by atoms with Gasteiger partial charge in [-0.05, 0) is 29.7 Å². The maximum absolute atomic E-state index is 3.00. The third-order valence-electron chi connectivity index (χ3n) is 2.51. The van der Waals surface area contributed by atoms with Crippen LogP contribution in [0.1, 0.15) is 18.1 Å². The van der Waals surface area contributed by atoms with Crippen LogP contribution in [0, 0.1) is 6.92 Å². The quantitative estimate of drug-likeness (QED) is 0.591. The van der Waals surface area contributed by atoms with Gasteiger partial charge in [0, 0.05) is 0 Å². The second-order valence-corrected chi connectivity index (χ2v) is 3.50. The lowest BCUT2D eigenvalue weighted by atomic mass is 10.0. The second-order valence-electron chi connectivity index (χ2n) is 3.50. The van der Waals surface area contributed by atoms with Gasteiger partial charge in [0.15, 0.2) is 0 Å². The van der Waals surface area contributed by atoms with Crippen molar-refractivity contribution in [2.75, 3.05) is 0 Å². The first-order chi connectivity index (χ1) is 7.31. The van der Waals surface area contributed by atoms with Gasteiger partial charge < -0.3 is 0 Å². The number of hydrogen-bond acceptors (Lipinski definition) is 0. The van der Waals surface area contributed by atoms with Crippen LogP contribution in [-0.4, -0.2) is 0 Å². The van der Waals surface area contributed by atoms with Gasteiger partial charge in [-0.2, -0.15) is 0 Å². The molecule has 0 saturated heterocycles. The molecule has 0 aliphatic heterocycles. The van der Waals surface area contributed by atoms with E-state index in [9.17, 15) is 0 Å². The highest BCUT2D eigenvalue weighted by molar-refractivity contribution is 5.86. The molecule has 0 aromatic heterocycles. The molecule has 0 atom stereocenters. The Morgan fingerprint density at radius 1 is 1.07 bits per heavy atom. The average molecular weight is 198 g/mol. The van der Waals surface area contributed by atoms with Gasteiger partial charge in [0.2, 0.25) is 0 Å². The van der Waals surface area contributed by atoms with Gasteiger partial charge in [-0.25, -0.2) is 0 Å². The predicted molar refractivity (Wildman–Crippen MR) is 69.3 cm³/mol. The van der Waals surface area contributed by atoms with E-state index in [1.807, 2.05) is 0 Å². The summed E-state index contributed by atoms with van der Waals surface area (Å²) < 4.78 is 0. The zero-order chi connectivity index (χ0) is 11.3. The van der Waals surface area contributed by atoms with Gasteiger partial charge >= 0.3 is 0 Å². The normalized spacial score (nSPS) is 9.47. The van der Waals surface area contributed by atoms with Gasteiger partial charge in [0.1, 0.15) is 0 Å². The summed E-state index contributed by atoms with van der Waals surface area (Å²) in [7, 11) is 0. The van der Waals surface area contributed by atoms with Crippen molar-refractivity contribution < 1.29 is 0 Å². The molecule has 0 aliphatic rings. The Balaban J connectivity index is 0.000000531. The number of rotatable bonds is 1. The molecule has 2 aromatic rings. The number of fused-ring (bicyclic) bond motifs is 1. The van der Waals surface area contributed by atoms with Crippen LogP contribution in [0.15, 0.2) is 49.6 Å². The lowest BCUT2D eigenvalue weighted by molar-refractivity contribution is 1.16. The molecule has 78 valence electrons. The Bertz CT molecular complexity index is 441. The third kappa shape index (κ3) is 2.47. The van der Waals surface area contributed by atoms with Crippen molar-refractivity contribution in [3.05, 3.63) is 60.7 Å². The Hall–Kier alpha value is -1.56. The maximum atomic E-state index is 3.00. The molecule has 0 nitrogen and oxygen atoms in total. The molecular weight excluding hydrogens is 180 g/mol. The molecule has 2 rings (SSSR count). The van der Waals surface area contributed by atoms with Crippen LogP contribution in [0.3, 0.4) is 0 Å². The van der Waals surface area contributed by atoms with E-state index in [1.165, 1.54) is 21.9 Å². The Kier molecular flexibility index (Phi) is 4.11. The maximum Gasteiger partial charge on any atom is -0.0152 e. The van der Waals surface area contributed by atoms with Crippen molar-refractivity contribution in [2.24, 2.45) is 0 Å². The molecule has 2 aromatic carbocycles. The lowest BCUT2D eigenvalue weighted by Gasteiger charge is -2.04. The number of aryl methyl sites for hydroxylation is 2. The van der Waals surface area contributed by atoms with Gasteiger partial charge in [0.25, 0.3) is 0 Å². The topological polar surface area (TPSA) is 0 Å². The molecule has 0 spiro atoms. The van der Waals surface area contributed by atoms with Crippen molar-refractivity contribution in [1.82, 2.24) is 0 Å². The van der Waals surface area contributed by atoms with Crippen molar-refractivity contribution in [1.29, 1.82) is 0 Å². The lowest BCUT2D eigenvalue weighted by Crippen LogP contribution is -1.83. The van der Waals surface area contributed by atoms with Crippen molar-refractivity contribution >= 4 is 10.8 Å². The summed E-state index contributed by atoms with van der Waals surface area (Å²) >= 11 is 0. The molecule has 0 amide bonds. The van der Waals surface area contributed by atoms with Gasteiger partial charge in [-0.1, -0.05) is 48.9 Å². The van der Waals surface area contributed by atoms with E-state index >= 15 is 0 Å². The monoisotopic (exact) mass is 198 g/mol. The first-order valence-electron chi connectivity index (χ1n) is 5.29. The summed E-state index contributed by atoms with van der Waals surface area (Å²) in [6.45, 7) is 10.3. The second kappa shape index (κ2) is 5.35. The molecule has 0 N–H and O–H groups in total. The SMILES string of the molecule is C=C.CCc1cccc2cc(C)ccc12. The van der Waals surface area contributed by atoms with Crippen LogP contribution in [0.25, 0.3) is 10.8 Å². The molecule has 0 heteroatoms. The van der Waals surface area contributed by atoms with Gasteiger partial charge in [0.05, 0.1) is 0 Å². The van der Waals surface area contributed by atoms with Gasteiger partial charge in [-0.3, -0.25) is 0 Å². The molecule has 0 saturated carbocycles. The minimum Gasteiger partial charge on any atom is -0.106 e. The standard InChI is InChI=1S/C13H14.C2H4/c1-3-11-5-4-6-12-9-10(2)7-8-13(11)12;1-2/h4-9H,3H2,1-2H3;1-2H2. The van der Waals surface area contributed by atoms with Crippen LogP contribution >= 0.6 is 0 Å². The Labute approximate surface area is 92.3 Å². The highest BCUT2D eigenvalue weighted by Gasteiger charge is 1.97. The molecule has 0 radical (unpaired) electrons. The molecule has 0 heterocycles. The van der Waals surface area contributed by atoms with Crippen molar-refractivity contribution in [3.8, 4) is 0 Å². The average Bonchev–Trinajstić information content (AvgIpc) is 2.30. The predicted octanol–water partition coefficient (Wildman–Crippen LogP) is 4.51. The minimum absolute atomic E-state index is 1.11. The minimum atomic E-state index is 1.11. The number of hydrogen-bond donors (Lipinski definition) is 0. The highest BCUT2D eigenvalue weighted by Crippen LogP contribution is 2.20. The Morgan fingerprint density at radius 2 is 1.80 bits per heavy atom. The smallest absolute Gasteiger partial charge is 0.0152 e. The van der Waals surface area contributed by atoms with Crippen LogP contribution in [0.4, 0.5) is 0 Å². The fourth-order valence-electron chi connectivity index (χ4n) is 1.78. The zero-order valence-corrected chi connectivity index (χ0v) is 9.59. The summed E-state index contributed by atoms with van der Waals surface area (Å²) in [4.78, 5) is 0. The first-order valence-corrected chi connectivity index (χ1v) is 5.29. The van der Waals surface area contributed by atoms with E-state index in [4.69, 9.17) is 0 Å². The molecule has 0 bridgehead atoms. The summed E-state index contributed by atoms with van der Waals surface area (Å²) in [5.74, 6) is 0. The van der Waals surface area contributed by atoms with Gasteiger partial charge in [-0.15, -0.1) is 13.2 Å². The fourth-order valence-corrected chi connectivity index (χ4v) is 1.78. The van der Waals surface area contributed by atoms with Crippen LogP contribution < -0.4 is 0 Å². The van der Waals surface area contributed by atoms with Crippen LogP contribution in [0.2, 0.25) is 0 Å². The largest absolute Gasteiger partial charge is 0.106 e. The number of benzene rings is 2. The molecular formula is C15H18. The molecule has 0 aliphatic carbocycles. The van der Waals surface area contributed by atoms with E-state index in [0.29, 0.717) is 0 Å². The molecule has 0 fully saturated rings. The van der Waals surface area contributed by atoms with E-state index in [1.54, 1.807) is 0 Å². The fraction of sp³-hybridized carbons (Fsp3) is 0.200. The highest BCUT2D eigenvalue weighted by atomic mass is 14.0. The molecule has 15 heavy (non-hydrogen) atoms.